The minimum Gasteiger partial charge on any atom is -1.00 e. The average Bonchev–Trinajstić information content (AvgIpc) is 3.23. The molecule has 0 saturated heterocycles. The van der Waals surface area contributed by atoms with Crippen LogP contribution in [0.1, 0.15) is 34.1 Å². The smallest absolute Gasteiger partial charge is 1.00 e. The molecule has 3 radical (unpaired) electrons. The summed E-state index contributed by atoms with van der Waals surface area (Å²) in [7, 11) is 2.97. The third-order valence-electron chi connectivity index (χ3n) is 2.94. The first kappa shape index (κ1) is 31.7. The first-order chi connectivity index (χ1) is 10.3. The van der Waals surface area contributed by atoms with E-state index in [-0.39, 0.29) is 51.0 Å². The van der Waals surface area contributed by atoms with Crippen molar-refractivity contribution in [3.05, 3.63) is 66.3 Å². The molecule has 4 heteroatoms. The van der Waals surface area contributed by atoms with Gasteiger partial charge in [-0.1, -0.05) is 46.2 Å². The Hall–Kier alpha value is -0.0100. The van der Waals surface area contributed by atoms with Crippen molar-refractivity contribution in [1.82, 2.24) is 0 Å². The van der Waals surface area contributed by atoms with Gasteiger partial charge in [0.2, 0.25) is 0 Å². The normalized spacial score (nSPS) is 10.2. The van der Waals surface area contributed by atoms with Crippen molar-refractivity contribution in [3.8, 4) is 0 Å². The van der Waals surface area contributed by atoms with Crippen molar-refractivity contribution in [3.63, 3.8) is 0 Å². The van der Waals surface area contributed by atoms with Crippen LogP contribution >= 0.6 is 0 Å². The maximum Gasteiger partial charge on any atom is 4.00 e. The van der Waals surface area contributed by atoms with E-state index >= 15 is 0 Å². The van der Waals surface area contributed by atoms with E-state index in [0.29, 0.717) is 5.92 Å². The molecule has 0 nitrogen and oxygen atoms in total. The van der Waals surface area contributed by atoms with Crippen LogP contribution in [-0.2, 0) is 26.2 Å². The molecule has 0 spiro atoms. The van der Waals surface area contributed by atoms with Gasteiger partial charge in [-0.2, -0.15) is 29.2 Å². The number of benzene rings is 1. The molecule has 0 heterocycles. The summed E-state index contributed by atoms with van der Waals surface area (Å²) in [5.74, 6) is 0.685. The van der Waals surface area contributed by atoms with Crippen LogP contribution in [0.25, 0.3) is 10.8 Å². The Labute approximate surface area is 183 Å². The predicted octanol–water partition coefficient (Wildman–Crippen LogP) is 0.125. The molecule has 0 amide bonds. The molecule has 0 aromatic heterocycles. The van der Waals surface area contributed by atoms with E-state index < -0.39 is 0 Å². The molecule has 0 aliphatic heterocycles. The van der Waals surface area contributed by atoms with E-state index in [1.807, 2.05) is 13.8 Å². The molecular weight excluding hydrogens is 430 g/mol. The molecule has 1 aliphatic rings. The monoisotopic (exact) mass is 455 g/mol. The molecule has 129 valence electrons. The van der Waals surface area contributed by atoms with Gasteiger partial charge in [0.25, 0.3) is 0 Å². The van der Waals surface area contributed by atoms with Crippen molar-refractivity contribution in [1.29, 1.82) is 0 Å². The van der Waals surface area contributed by atoms with Gasteiger partial charge in [-0.3, -0.25) is 6.08 Å². The first-order valence-corrected chi connectivity index (χ1v) is 8.64. The molecule has 24 heavy (non-hydrogen) atoms. The molecule has 3 rings (SSSR count). The van der Waals surface area contributed by atoms with Crippen LogP contribution in [0.4, 0.5) is 0 Å². The van der Waals surface area contributed by atoms with Crippen LogP contribution in [0.3, 0.4) is 0 Å². The first-order valence-electron chi connectivity index (χ1n) is 7.64. The van der Waals surface area contributed by atoms with E-state index in [0.717, 1.165) is 6.42 Å². The van der Waals surface area contributed by atoms with Crippen LogP contribution in [0.2, 0.25) is 6.55 Å². The molecule has 1 aliphatic carbocycles. The van der Waals surface area contributed by atoms with Gasteiger partial charge >= 0.3 is 26.2 Å². The van der Waals surface area contributed by atoms with E-state index in [2.05, 4.69) is 84.8 Å². The number of rotatable bonds is 1. The molecule has 2 aromatic carbocycles. The second-order valence-corrected chi connectivity index (χ2v) is 4.57. The van der Waals surface area contributed by atoms with E-state index in [1.54, 1.807) is 6.55 Å². The Morgan fingerprint density at radius 1 is 1.04 bits per heavy atom. The second kappa shape index (κ2) is 21.0. The molecular formula is C20H27Cl2SiZr. The van der Waals surface area contributed by atoms with Gasteiger partial charge < -0.3 is 24.8 Å². The van der Waals surface area contributed by atoms with E-state index in [1.165, 1.54) is 16.3 Å². The molecule has 0 N–H and O–H groups in total. The molecule has 2 aromatic rings. The van der Waals surface area contributed by atoms with E-state index in [4.69, 9.17) is 0 Å². The van der Waals surface area contributed by atoms with Crippen molar-refractivity contribution in [2.24, 2.45) is 5.92 Å². The van der Waals surface area contributed by atoms with Gasteiger partial charge in [-0.15, -0.1) is 36.1 Å². The van der Waals surface area contributed by atoms with Crippen molar-refractivity contribution in [2.45, 2.75) is 40.7 Å². The Bertz CT molecular complexity index is 515. The Morgan fingerprint density at radius 3 is 2.04 bits per heavy atom. The summed E-state index contributed by atoms with van der Waals surface area (Å²) in [5.41, 5.74) is 1.44. The zero-order valence-corrected chi connectivity index (χ0v) is 20.2. The standard InChI is InChI=1S/C9H7.C8H11.C2H6.CH3Si.2ClH.Zr/c1-2-5-9-7-3-6-8(9)4-1;1-7(2)8-5-3-4-6-8;2*1-2;;;/h1-7H;5-7H,3H2,1-2H3;1-2H3;1H3;2*1H;/q2*-1;;;;;+4/p-2. The topological polar surface area (TPSA) is 0 Å². The summed E-state index contributed by atoms with van der Waals surface area (Å²) in [5, 5.41) is 2.66. The molecule has 0 fully saturated rings. The van der Waals surface area contributed by atoms with Crippen LogP contribution in [0, 0.1) is 12.0 Å². The maximum absolute atomic E-state index is 3.14. The average molecular weight is 458 g/mol. The molecule has 0 bridgehead atoms. The molecule has 0 unspecified atom stereocenters. The van der Waals surface area contributed by atoms with Gasteiger partial charge in [-0.25, -0.2) is 6.08 Å². The fourth-order valence-corrected chi connectivity index (χ4v) is 1.88. The minimum atomic E-state index is 0. The number of hydrogen-bond donors (Lipinski definition) is 0. The quantitative estimate of drug-likeness (QED) is 0.422. The summed E-state index contributed by atoms with van der Waals surface area (Å²) in [6, 6.07) is 14.7. The van der Waals surface area contributed by atoms with Gasteiger partial charge in [-0.05, 0) is 0 Å². The largest absolute Gasteiger partial charge is 4.00 e. The van der Waals surface area contributed by atoms with Crippen LogP contribution < -0.4 is 24.8 Å². The third-order valence-corrected chi connectivity index (χ3v) is 2.94. The number of halogens is 2. The van der Waals surface area contributed by atoms with Crippen LogP contribution in [0.5, 0.6) is 0 Å². The Balaban J connectivity index is -0.000000126. The van der Waals surface area contributed by atoms with Crippen LogP contribution in [0.15, 0.2) is 60.2 Å². The molecule has 0 saturated carbocycles. The Morgan fingerprint density at radius 2 is 1.62 bits per heavy atom. The fraction of sp³-hybridized carbons (Fsp3) is 0.350. The second-order valence-electron chi connectivity index (χ2n) is 4.57. The zero-order valence-electron chi connectivity index (χ0n) is 15.2. The number of hydrogen-bond acceptors (Lipinski definition) is 0. The van der Waals surface area contributed by atoms with E-state index in [9.17, 15) is 0 Å². The summed E-state index contributed by atoms with van der Waals surface area (Å²) in [6.45, 7) is 10.2. The number of allylic oxidation sites excluding steroid dienone is 4. The van der Waals surface area contributed by atoms with Gasteiger partial charge in [0, 0.05) is 10.2 Å². The Kier molecular flexibility index (Phi) is 27.8. The van der Waals surface area contributed by atoms with Crippen LogP contribution in [-0.4, -0.2) is 10.2 Å². The van der Waals surface area contributed by atoms with Gasteiger partial charge in [0.1, 0.15) is 0 Å². The summed E-state index contributed by atoms with van der Waals surface area (Å²) in [6.07, 6.45) is 8.47. The SMILES string of the molecule is CC.CC(C)C1=CC[C-]=C1.C[Si].[Cl-].[Cl-].[Zr+4].c1ccc2[cH-]ccc2c1. The summed E-state index contributed by atoms with van der Waals surface area (Å²) < 4.78 is 0. The molecule has 0 atom stereocenters. The maximum atomic E-state index is 3.14. The predicted molar refractivity (Wildman–Crippen MR) is 97.9 cm³/mol. The van der Waals surface area contributed by atoms with Gasteiger partial charge in [0.05, 0.1) is 0 Å². The fourth-order valence-electron chi connectivity index (χ4n) is 1.88. The third kappa shape index (κ3) is 12.4. The van der Waals surface area contributed by atoms with Crippen molar-refractivity contribution in [2.75, 3.05) is 0 Å². The van der Waals surface area contributed by atoms with Crippen molar-refractivity contribution < 1.29 is 51.0 Å². The zero-order chi connectivity index (χ0) is 16.1. The van der Waals surface area contributed by atoms with Gasteiger partial charge in [0.15, 0.2) is 0 Å². The number of fused-ring (bicyclic) bond motifs is 1. The van der Waals surface area contributed by atoms with Crippen molar-refractivity contribution >= 4 is 21.0 Å². The summed E-state index contributed by atoms with van der Waals surface area (Å²) in [4.78, 5) is 0. The summed E-state index contributed by atoms with van der Waals surface area (Å²) >= 11 is 0. The minimum absolute atomic E-state index is 0.